The number of nitrogens with zero attached hydrogens (tertiary/aromatic N) is 7. The van der Waals surface area contributed by atoms with Crippen molar-refractivity contribution in [3.8, 4) is 22.0 Å². The summed E-state index contributed by atoms with van der Waals surface area (Å²) in [6.07, 6.45) is 3.62. The molecule has 0 atom stereocenters. The Bertz CT molecular complexity index is 925. The zero-order chi connectivity index (χ0) is 14.6. The minimum atomic E-state index is 0.673. The molecule has 106 valence electrons. The first kappa shape index (κ1) is 12.2. The molecule has 0 unspecified atom stereocenters. The Morgan fingerprint density at radius 3 is 2.76 bits per heavy atom. The van der Waals surface area contributed by atoms with Crippen molar-refractivity contribution in [2.45, 2.75) is 13.8 Å². The second-order valence-electron chi connectivity index (χ2n) is 4.73. The van der Waals surface area contributed by atoms with Gasteiger partial charge in [-0.3, -0.25) is 4.68 Å². The summed E-state index contributed by atoms with van der Waals surface area (Å²) in [6, 6.07) is 0. The molecule has 4 aromatic heterocycles. The van der Waals surface area contributed by atoms with E-state index in [4.69, 9.17) is 4.52 Å². The molecule has 4 heterocycles. The number of hydrogen-bond donors (Lipinski definition) is 0. The first-order chi connectivity index (χ1) is 10.1. The third-order valence-electron chi connectivity index (χ3n) is 3.20. The van der Waals surface area contributed by atoms with Crippen molar-refractivity contribution < 1.29 is 4.52 Å². The summed E-state index contributed by atoms with van der Waals surface area (Å²) in [5, 5.41) is 21.9. The number of fused-ring (bicyclic) bond motifs is 1. The van der Waals surface area contributed by atoms with E-state index in [-0.39, 0.29) is 0 Å². The highest BCUT2D eigenvalue weighted by molar-refractivity contribution is 7.19. The highest BCUT2D eigenvalue weighted by Crippen LogP contribution is 2.31. The Morgan fingerprint density at radius 1 is 1.24 bits per heavy atom. The molecule has 0 radical (unpaired) electrons. The highest BCUT2D eigenvalue weighted by atomic mass is 32.1. The predicted molar refractivity (Wildman–Crippen MR) is 75.8 cm³/mol. The van der Waals surface area contributed by atoms with E-state index in [0.29, 0.717) is 5.82 Å². The van der Waals surface area contributed by atoms with Crippen LogP contribution in [0.2, 0.25) is 0 Å². The standard InChI is InChI=1S/C12H11N7OS/c1-6-9(7(2)20-17-6)11-16-19-10(14-15-12(19)21-11)8-4-13-18(3)5-8/h4-5H,1-3H3. The van der Waals surface area contributed by atoms with Gasteiger partial charge in [0.05, 0.1) is 23.0 Å². The van der Waals surface area contributed by atoms with E-state index in [1.54, 1.807) is 15.4 Å². The van der Waals surface area contributed by atoms with Gasteiger partial charge in [-0.15, -0.1) is 10.2 Å². The molecule has 0 saturated carbocycles. The molecule has 0 N–H and O–H groups in total. The van der Waals surface area contributed by atoms with Crippen LogP contribution in [0.25, 0.3) is 26.9 Å². The van der Waals surface area contributed by atoms with Gasteiger partial charge in [0.2, 0.25) is 4.96 Å². The molecular formula is C12H11N7OS. The van der Waals surface area contributed by atoms with E-state index in [0.717, 1.165) is 32.5 Å². The van der Waals surface area contributed by atoms with Gasteiger partial charge in [-0.25, -0.2) is 0 Å². The molecule has 4 aromatic rings. The molecule has 0 aliphatic carbocycles. The maximum atomic E-state index is 5.20. The van der Waals surface area contributed by atoms with Gasteiger partial charge in [0.25, 0.3) is 0 Å². The van der Waals surface area contributed by atoms with Gasteiger partial charge in [-0.2, -0.15) is 14.7 Å². The normalized spacial score (nSPS) is 11.6. The Labute approximate surface area is 123 Å². The maximum absolute atomic E-state index is 5.20. The van der Waals surface area contributed by atoms with Crippen molar-refractivity contribution in [3.63, 3.8) is 0 Å². The molecule has 4 rings (SSSR count). The van der Waals surface area contributed by atoms with Crippen LogP contribution >= 0.6 is 11.3 Å². The van der Waals surface area contributed by atoms with Crippen molar-refractivity contribution in [3.05, 3.63) is 23.8 Å². The molecule has 0 saturated heterocycles. The van der Waals surface area contributed by atoms with Crippen LogP contribution < -0.4 is 0 Å². The Hall–Kier alpha value is -2.55. The van der Waals surface area contributed by atoms with Crippen molar-refractivity contribution in [1.82, 2.24) is 34.7 Å². The molecule has 0 bridgehead atoms. The zero-order valence-electron chi connectivity index (χ0n) is 11.6. The van der Waals surface area contributed by atoms with Crippen LogP contribution in [-0.2, 0) is 7.05 Å². The first-order valence-corrected chi connectivity index (χ1v) is 7.09. The minimum absolute atomic E-state index is 0.673. The maximum Gasteiger partial charge on any atom is 0.235 e. The number of aryl methyl sites for hydroxylation is 3. The molecule has 8 nitrogen and oxygen atoms in total. The molecule has 0 aliphatic heterocycles. The van der Waals surface area contributed by atoms with Crippen LogP contribution in [0.4, 0.5) is 0 Å². The minimum Gasteiger partial charge on any atom is -0.361 e. The van der Waals surface area contributed by atoms with Gasteiger partial charge >= 0.3 is 0 Å². The van der Waals surface area contributed by atoms with E-state index < -0.39 is 0 Å². The van der Waals surface area contributed by atoms with Gasteiger partial charge in [0.15, 0.2) is 10.8 Å². The fraction of sp³-hybridized carbons (Fsp3) is 0.250. The van der Waals surface area contributed by atoms with Gasteiger partial charge < -0.3 is 4.52 Å². The lowest BCUT2D eigenvalue weighted by Crippen LogP contribution is -1.91. The second-order valence-corrected chi connectivity index (χ2v) is 5.68. The van der Waals surface area contributed by atoms with Crippen LogP contribution in [0.5, 0.6) is 0 Å². The van der Waals surface area contributed by atoms with Crippen molar-refractivity contribution >= 4 is 16.3 Å². The lowest BCUT2D eigenvalue weighted by Gasteiger charge is -1.92. The lowest BCUT2D eigenvalue weighted by molar-refractivity contribution is 0.393. The largest absolute Gasteiger partial charge is 0.361 e. The SMILES string of the molecule is Cc1noc(C)c1-c1nn2c(-c3cnn(C)c3)nnc2s1. The molecular weight excluding hydrogens is 290 g/mol. The van der Waals surface area contributed by atoms with Crippen LogP contribution in [0, 0.1) is 13.8 Å². The average molecular weight is 301 g/mol. The molecule has 0 aromatic carbocycles. The monoisotopic (exact) mass is 301 g/mol. The van der Waals surface area contributed by atoms with E-state index in [1.807, 2.05) is 27.1 Å². The van der Waals surface area contributed by atoms with Gasteiger partial charge in [0, 0.05) is 13.2 Å². The second kappa shape index (κ2) is 4.22. The number of aromatic nitrogens is 7. The van der Waals surface area contributed by atoms with Gasteiger partial charge in [-0.05, 0) is 13.8 Å². The van der Waals surface area contributed by atoms with Gasteiger partial charge in [-0.1, -0.05) is 16.5 Å². The summed E-state index contributed by atoms with van der Waals surface area (Å²) in [6.45, 7) is 3.77. The average Bonchev–Trinajstić information content (AvgIpc) is 3.15. The van der Waals surface area contributed by atoms with Crippen LogP contribution in [0.15, 0.2) is 16.9 Å². The van der Waals surface area contributed by atoms with Crippen molar-refractivity contribution in [2.75, 3.05) is 0 Å². The van der Waals surface area contributed by atoms with E-state index in [9.17, 15) is 0 Å². The summed E-state index contributed by atoms with van der Waals surface area (Å²) in [4.78, 5) is 0.726. The summed E-state index contributed by atoms with van der Waals surface area (Å²) in [5.74, 6) is 1.42. The Kier molecular flexibility index (Phi) is 2.45. The zero-order valence-corrected chi connectivity index (χ0v) is 12.4. The number of rotatable bonds is 2. The van der Waals surface area contributed by atoms with E-state index in [1.165, 1.54) is 11.3 Å². The molecule has 0 amide bonds. The molecule has 0 spiro atoms. The summed E-state index contributed by atoms with van der Waals surface area (Å²) in [7, 11) is 1.86. The third-order valence-corrected chi connectivity index (χ3v) is 4.12. The fourth-order valence-corrected chi connectivity index (χ4v) is 3.21. The van der Waals surface area contributed by atoms with E-state index >= 15 is 0 Å². The van der Waals surface area contributed by atoms with Crippen molar-refractivity contribution in [1.29, 1.82) is 0 Å². The molecule has 9 heteroatoms. The summed E-state index contributed by atoms with van der Waals surface area (Å²) >= 11 is 1.46. The fourth-order valence-electron chi connectivity index (χ4n) is 2.22. The van der Waals surface area contributed by atoms with Crippen LogP contribution in [0.3, 0.4) is 0 Å². The Balaban J connectivity index is 1.90. The topological polar surface area (TPSA) is 86.9 Å². The molecule has 0 aliphatic rings. The van der Waals surface area contributed by atoms with E-state index in [2.05, 4.69) is 25.6 Å². The van der Waals surface area contributed by atoms with Crippen molar-refractivity contribution in [2.24, 2.45) is 7.05 Å². The van der Waals surface area contributed by atoms with Gasteiger partial charge in [0.1, 0.15) is 5.76 Å². The van der Waals surface area contributed by atoms with Crippen LogP contribution in [-0.4, -0.2) is 34.7 Å². The molecule has 21 heavy (non-hydrogen) atoms. The lowest BCUT2D eigenvalue weighted by atomic mass is 10.2. The highest BCUT2D eigenvalue weighted by Gasteiger charge is 2.19. The third kappa shape index (κ3) is 1.77. The smallest absolute Gasteiger partial charge is 0.235 e. The Morgan fingerprint density at radius 2 is 2.10 bits per heavy atom. The molecule has 0 fully saturated rings. The predicted octanol–water partition coefficient (Wildman–Crippen LogP) is 1.86. The summed E-state index contributed by atoms with van der Waals surface area (Å²) < 4.78 is 8.64. The van der Waals surface area contributed by atoms with Crippen LogP contribution in [0.1, 0.15) is 11.5 Å². The number of hydrogen-bond acceptors (Lipinski definition) is 7. The summed E-state index contributed by atoms with van der Waals surface area (Å²) in [5.41, 5.74) is 2.61. The first-order valence-electron chi connectivity index (χ1n) is 6.28. The quantitative estimate of drug-likeness (QED) is 0.561.